The maximum absolute atomic E-state index is 12.4. The van der Waals surface area contributed by atoms with E-state index < -0.39 is 0 Å². The summed E-state index contributed by atoms with van der Waals surface area (Å²) in [6.45, 7) is 5.29. The zero-order chi connectivity index (χ0) is 13.8. The lowest BCUT2D eigenvalue weighted by Gasteiger charge is -2.37. The molecule has 1 aliphatic heterocycles. The molecular weight excluding hydrogens is 242 g/mol. The van der Waals surface area contributed by atoms with Crippen molar-refractivity contribution >= 4 is 5.91 Å². The number of methoxy groups -OCH3 is 1. The summed E-state index contributed by atoms with van der Waals surface area (Å²) in [6, 6.07) is 7.79. The summed E-state index contributed by atoms with van der Waals surface area (Å²) in [5.74, 6) is 0.900. The molecule has 1 aromatic carbocycles. The molecule has 0 bridgehead atoms. The molecule has 0 spiro atoms. The highest BCUT2D eigenvalue weighted by molar-refractivity contribution is 5.80. The highest BCUT2D eigenvalue weighted by atomic mass is 16.5. The normalized spacial score (nSPS) is 23.2. The summed E-state index contributed by atoms with van der Waals surface area (Å²) < 4.78 is 10.8. The van der Waals surface area contributed by atoms with E-state index >= 15 is 0 Å². The number of rotatable bonds is 3. The topological polar surface area (TPSA) is 38.8 Å². The number of morpholine rings is 1. The molecule has 1 heterocycles. The third-order valence-corrected chi connectivity index (χ3v) is 3.46. The van der Waals surface area contributed by atoms with E-state index in [0.29, 0.717) is 19.6 Å². The number of carbonyl (C=O) groups is 1. The summed E-state index contributed by atoms with van der Waals surface area (Å²) in [5.41, 5.74) is 0.932. The van der Waals surface area contributed by atoms with Crippen molar-refractivity contribution in [2.24, 2.45) is 0 Å². The van der Waals surface area contributed by atoms with Crippen LogP contribution in [0.2, 0.25) is 0 Å². The minimum absolute atomic E-state index is 0.109. The van der Waals surface area contributed by atoms with Crippen LogP contribution in [0.1, 0.15) is 19.4 Å². The maximum Gasteiger partial charge on any atom is 0.227 e. The van der Waals surface area contributed by atoms with Gasteiger partial charge in [-0.2, -0.15) is 0 Å². The first-order chi connectivity index (χ1) is 9.11. The van der Waals surface area contributed by atoms with E-state index in [1.807, 2.05) is 43.0 Å². The van der Waals surface area contributed by atoms with Crippen molar-refractivity contribution in [3.63, 3.8) is 0 Å². The molecule has 0 aliphatic carbocycles. The largest absolute Gasteiger partial charge is 0.496 e. The van der Waals surface area contributed by atoms with Crippen molar-refractivity contribution in [1.29, 1.82) is 0 Å². The van der Waals surface area contributed by atoms with Crippen molar-refractivity contribution in [3.05, 3.63) is 29.8 Å². The molecule has 0 saturated carbocycles. The van der Waals surface area contributed by atoms with E-state index in [2.05, 4.69) is 0 Å². The Hall–Kier alpha value is -1.55. The SMILES string of the molecule is COc1ccccc1CC(=O)N1CC(C)OCC1C. The third-order valence-electron chi connectivity index (χ3n) is 3.46. The molecule has 104 valence electrons. The van der Waals surface area contributed by atoms with Crippen LogP contribution < -0.4 is 4.74 Å². The highest BCUT2D eigenvalue weighted by Gasteiger charge is 2.27. The molecule has 1 aliphatic rings. The first-order valence-corrected chi connectivity index (χ1v) is 6.64. The number of ether oxygens (including phenoxy) is 2. The van der Waals surface area contributed by atoms with Gasteiger partial charge in [0.15, 0.2) is 0 Å². The Morgan fingerprint density at radius 2 is 2.16 bits per heavy atom. The summed E-state index contributed by atoms with van der Waals surface area (Å²) >= 11 is 0. The van der Waals surface area contributed by atoms with Crippen molar-refractivity contribution < 1.29 is 14.3 Å². The number of carbonyl (C=O) groups excluding carboxylic acids is 1. The lowest BCUT2D eigenvalue weighted by atomic mass is 10.1. The van der Waals surface area contributed by atoms with Crippen molar-refractivity contribution in [2.45, 2.75) is 32.4 Å². The van der Waals surface area contributed by atoms with Crippen LogP contribution >= 0.6 is 0 Å². The minimum atomic E-state index is 0.109. The first kappa shape index (κ1) is 13.9. The predicted molar refractivity (Wildman–Crippen MR) is 73.3 cm³/mol. The molecule has 1 saturated heterocycles. The van der Waals surface area contributed by atoms with Gasteiger partial charge in [-0.25, -0.2) is 0 Å². The summed E-state index contributed by atoms with van der Waals surface area (Å²) in [6.07, 6.45) is 0.485. The molecule has 1 amide bonds. The van der Waals surface area contributed by atoms with Gasteiger partial charge >= 0.3 is 0 Å². The van der Waals surface area contributed by atoms with Crippen LogP contribution in [0.15, 0.2) is 24.3 Å². The molecule has 0 aromatic heterocycles. The van der Waals surface area contributed by atoms with Crippen molar-refractivity contribution in [1.82, 2.24) is 4.90 Å². The van der Waals surface area contributed by atoms with Gasteiger partial charge in [0.25, 0.3) is 0 Å². The van der Waals surface area contributed by atoms with Gasteiger partial charge in [0, 0.05) is 12.1 Å². The second-order valence-corrected chi connectivity index (χ2v) is 5.03. The number of para-hydroxylation sites is 1. The van der Waals surface area contributed by atoms with E-state index in [1.165, 1.54) is 0 Å². The molecule has 2 unspecified atom stereocenters. The van der Waals surface area contributed by atoms with Crippen LogP contribution in [-0.4, -0.2) is 43.2 Å². The van der Waals surface area contributed by atoms with Crippen LogP contribution in [0.4, 0.5) is 0 Å². The summed E-state index contributed by atoms with van der Waals surface area (Å²) in [4.78, 5) is 14.3. The highest BCUT2D eigenvalue weighted by Crippen LogP contribution is 2.20. The standard InChI is InChI=1S/C15H21NO3/c1-11-10-19-12(2)9-16(11)15(17)8-13-6-4-5-7-14(13)18-3/h4-7,11-12H,8-10H2,1-3H3. The van der Waals surface area contributed by atoms with Gasteiger partial charge in [-0.3, -0.25) is 4.79 Å². The van der Waals surface area contributed by atoms with Crippen molar-refractivity contribution in [2.75, 3.05) is 20.3 Å². The molecule has 2 atom stereocenters. The van der Waals surface area contributed by atoms with Gasteiger partial charge in [0.1, 0.15) is 5.75 Å². The average molecular weight is 263 g/mol. The van der Waals surface area contributed by atoms with Gasteiger partial charge in [0.2, 0.25) is 5.91 Å². The Labute approximate surface area is 114 Å². The molecular formula is C15H21NO3. The van der Waals surface area contributed by atoms with Crippen LogP contribution in [0.5, 0.6) is 5.75 Å². The molecule has 4 nitrogen and oxygen atoms in total. The molecule has 0 N–H and O–H groups in total. The lowest BCUT2D eigenvalue weighted by Crippen LogP contribution is -2.50. The third kappa shape index (κ3) is 3.26. The van der Waals surface area contributed by atoms with E-state index in [1.54, 1.807) is 7.11 Å². The van der Waals surface area contributed by atoms with Crippen LogP contribution in [0.3, 0.4) is 0 Å². The molecule has 2 rings (SSSR count). The van der Waals surface area contributed by atoms with Crippen LogP contribution in [0, 0.1) is 0 Å². The zero-order valence-electron chi connectivity index (χ0n) is 11.8. The van der Waals surface area contributed by atoms with Crippen LogP contribution in [-0.2, 0) is 16.0 Å². The van der Waals surface area contributed by atoms with Gasteiger partial charge in [0.05, 0.1) is 32.3 Å². The second kappa shape index (κ2) is 6.06. The van der Waals surface area contributed by atoms with Gasteiger partial charge in [-0.05, 0) is 19.9 Å². The maximum atomic E-state index is 12.4. The number of hydrogen-bond donors (Lipinski definition) is 0. The van der Waals surface area contributed by atoms with Crippen molar-refractivity contribution in [3.8, 4) is 5.75 Å². The van der Waals surface area contributed by atoms with E-state index in [4.69, 9.17) is 9.47 Å². The van der Waals surface area contributed by atoms with Gasteiger partial charge < -0.3 is 14.4 Å². The molecule has 4 heteroatoms. The second-order valence-electron chi connectivity index (χ2n) is 5.03. The summed E-state index contributed by atoms with van der Waals surface area (Å²) in [5, 5.41) is 0. The average Bonchev–Trinajstić information content (AvgIpc) is 2.42. The van der Waals surface area contributed by atoms with E-state index in [9.17, 15) is 4.79 Å². The minimum Gasteiger partial charge on any atom is -0.496 e. The van der Waals surface area contributed by atoms with Crippen LogP contribution in [0.25, 0.3) is 0 Å². The Bertz CT molecular complexity index is 447. The number of benzene rings is 1. The van der Waals surface area contributed by atoms with E-state index in [0.717, 1.165) is 11.3 Å². The smallest absolute Gasteiger partial charge is 0.227 e. The van der Waals surface area contributed by atoms with E-state index in [-0.39, 0.29) is 18.1 Å². The fraction of sp³-hybridized carbons (Fsp3) is 0.533. The predicted octanol–water partition coefficient (Wildman–Crippen LogP) is 1.87. The van der Waals surface area contributed by atoms with Gasteiger partial charge in [-0.15, -0.1) is 0 Å². The summed E-state index contributed by atoms with van der Waals surface area (Å²) in [7, 11) is 1.63. The number of amides is 1. The molecule has 1 aromatic rings. The Morgan fingerprint density at radius 3 is 2.89 bits per heavy atom. The Morgan fingerprint density at radius 1 is 1.42 bits per heavy atom. The molecule has 19 heavy (non-hydrogen) atoms. The molecule has 1 fully saturated rings. The zero-order valence-corrected chi connectivity index (χ0v) is 11.8. The quantitative estimate of drug-likeness (QED) is 0.835. The number of nitrogens with zero attached hydrogens (tertiary/aromatic N) is 1. The Kier molecular flexibility index (Phi) is 4.43. The lowest BCUT2D eigenvalue weighted by molar-refractivity contribution is -0.142. The fourth-order valence-electron chi connectivity index (χ4n) is 2.36. The fourth-order valence-corrected chi connectivity index (χ4v) is 2.36. The monoisotopic (exact) mass is 263 g/mol. The Balaban J connectivity index is 2.07. The molecule has 0 radical (unpaired) electrons. The first-order valence-electron chi connectivity index (χ1n) is 6.64. The number of hydrogen-bond acceptors (Lipinski definition) is 3. The van der Waals surface area contributed by atoms with Gasteiger partial charge in [-0.1, -0.05) is 18.2 Å².